The first kappa shape index (κ1) is 46.8. The molecular formula is C30H48Br2N4O8S2Si. The van der Waals surface area contributed by atoms with E-state index in [1.165, 1.54) is 0 Å². The van der Waals surface area contributed by atoms with Crippen LogP contribution in [-0.4, -0.2) is 75.9 Å². The minimum absolute atomic E-state index is 0. The van der Waals surface area contributed by atoms with Gasteiger partial charge < -0.3 is 40.3 Å². The van der Waals surface area contributed by atoms with Gasteiger partial charge in [0.2, 0.25) is 0 Å². The predicted molar refractivity (Wildman–Crippen MR) is 204 cm³/mol. The summed E-state index contributed by atoms with van der Waals surface area (Å²) < 4.78 is 17.7. The minimum Gasteiger partial charge on any atom is -0.464 e. The van der Waals surface area contributed by atoms with Crippen molar-refractivity contribution >= 4 is 103 Å². The van der Waals surface area contributed by atoms with Crippen LogP contribution in [0.25, 0.3) is 0 Å². The molecule has 0 bridgehead atoms. The number of amides is 4. The third-order valence-electron chi connectivity index (χ3n) is 6.56. The van der Waals surface area contributed by atoms with Crippen LogP contribution in [0.4, 0.5) is 21.0 Å². The van der Waals surface area contributed by atoms with Gasteiger partial charge in [0, 0.05) is 20.3 Å². The summed E-state index contributed by atoms with van der Waals surface area (Å²) in [5, 5.41) is 19.3. The molecule has 0 unspecified atom stereocenters. The van der Waals surface area contributed by atoms with Gasteiger partial charge in [-0.3, -0.25) is 0 Å². The molecule has 5 N–H and O–H groups in total. The summed E-state index contributed by atoms with van der Waals surface area (Å²) in [6.07, 6.45) is 0. The number of halogens is 2. The first-order valence-electron chi connectivity index (χ1n) is 14.3. The number of ether oxygens (including phenoxy) is 2. The average Bonchev–Trinajstić information content (AvgIpc) is 2.96. The first-order valence-corrected chi connectivity index (χ1v) is 18.8. The summed E-state index contributed by atoms with van der Waals surface area (Å²) in [6, 6.07) is 11.1. The van der Waals surface area contributed by atoms with Gasteiger partial charge in [-0.1, -0.05) is 52.6 Å². The summed E-state index contributed by atoms with van der Waals surface area (Å²) in [6.45, 7) is 13.9. The number of hydrogen-bond acceptors (Lipinski definition) is 8. The zero-order valence-corrected chi connectivity index (χ0v) is 33.8. The van der Waals surface area contributed by atoms with Crippen LogP contribution in [-0.2, 0) is 23.5 Å². The van der Waals surface area contributed by atoms with E-state index in [0.29, 0.717) is 11.4 Å². The van der Waals surface area contributed by atoms with Gasteiger partial charge in [-0.05, 0) is 80.5 Å². The van der Waals surface area contributed by atoms with E-state index < -0.39 is 51.0 Å². The minimum atomic E-state index is -2.05. The number of hydrogen-bond donors (Lipinski definition) is 5. The van der Waals surface area contributed by atoms with Crippen molar-refractivity contribution in [1.82, 2.24) is 10.6 Å². The number of aliphatic hydroxyl groups excluding tert-OH is 1. The lowest BCUT2D eigenvalue weighted by molar-refractivity contribution is -0.147. The topological polar surface area (TPSA) is 164 Å². The van der Waals surface area contributed by atoms with Crippen LogP contribution in [0.2, 0.25) is 18.1 Å². The first-order chi connectivity index (χ1) is 21.0. The second-order valence-electron chi connectivity index (χ2n) is 11.1. The maximum absolute atomic E-state index is 12.3. The molecule has 0 heterocycles. The fourth-order valence-electron chi connectivity index (χ4n) is 3.06. The highest BCUT2D eigenvalue weighted by Crippen LogP contribution is 2.36. The number of carbonyl (C=O) groups excluding carboxylic acids is 4. The van der Waals surface area contributed by atoms with Crippen molar-refractivity contribution < 1.29 is 38.2 Å². The lowest BCUT2D eigenvalue weighted by Crippen LogP contribution is -2.50. The number of anilines is 2. The Hall–Kier alpha value is -2.28. The highest BCUT2D eigenvalue weighted by molar-refractivity contribution is 9.10. The number of rotatable bonds is 12. The van der Waals surface area contributed by atoms with Gasteiger partial charge in [-0.2, -0.15) is 27.0 Å². The highest BCUT2D eigenvalue weighted by Gasteiger charge is 2.38. The van der Waals surface area contributed by atoms with Crippen LogP contribution < -0.4 is 21.3 Å². The molecule has 2 rings (SSSR count). The molecule has 2 aromatic rings. The van der Waals surface area contributed by atoms with Crippen molar-refractivity contribution in [3.8, 4) is 0 Å². The van der Waals surface area contributed by atoms with Gasteiger partial charge in [-0.25, -0.2) is 19.2 Å². The quantitative estimate of drug-likeness (QED) is 0.124. The van der Waals surface area contributed by atoms with Gasteiger partial charge in [0.05, 0.1) is 26.4 Å². The van der Waals surface area contributed by atoms with E-state index in [1.807, 2.05) is 12.1 Å². The van der Waals surface area contributed by atoms with Crippen LogP contribution in [0.5, 0.6) is 0 Å². The van der Waals surface area contributed by atoms with Gasteiger partial charge in [0.25, 0.3) is 0 Å². The smallest absolute Gasteiger partial charge is 0.331 e. The molecule has 0 saturated heterocycles. The number of carbonyl (C=O) groups is 4. The van der Waals surface area contributed by atoms with Crippen LogP contribution >= 0.6 is 58.9 Å². The number of urea groups is 2. The van der Waals surface area contributed by atoms with Crippen molar-refractivity contribution in [2.75, 3.05) is 37.1 Å². The Kier molecular flexibility index (Phi) is 23.1. The molecule has 0 aliphatic rings. The fraction of sp³-hybridized carbons (Fsp3) is 0.467. The Morgan fingerprint density at radius 1 is 0.745 bits per heavy atom. The highest BCUT2D eigenvalue weighted by atomic mass is 79.9. The van der Waals surface area contributed by atoms with E-state index in [4.69, 9.17) is 19.0 Å². The summed E-state index contributed by atoms with van der Waals surface area (Å²) in [5.41, 5.74) is 1.19. The molecule has 0 saturated carbocycles. The molecule has 0 spiro atoms. The van der Waals surface area contributed by atoms with E-state index >= 15 is 0 Å². The lowest BCUT2D eigenvalue weighted by atomic mass is 10.2. The van der Waals surface area contributed by atoms with Crippen molar-refractivity contribution in [3.05, 3.63) is 57.5 Å². The molecule has 0 fully saturated rings. The Morgan fingerprint density at radius 2 is 1.11 bits per heavy atom. The largest absolute Gasteiger partial charge is 0.464 e. The van der Waals surface area contributed by atoms with Crippen LogP contribution in [0, 0.1) is 0 Å². The number of nitrogens with one attached hydrogen (secondary N) is 4. The summed E-state index contributed by atoms with van der Waals surface area (Å²) in [5.74, 6) is -1.17. The van der Waals surface area contributed by atoms with E-state index in [0.717, 1.165) is 8.95 Å². The zero-order valence-electron chi connectivity index (χ0n) is 27.7. The number of aliphatic hydroxyl groups is 1. The second-order valence-corrected chi connectivity index (χ2v) is 17.7. The van der Waals surface area contributed by atoms with Gasteiger partial charge in [0.1, 0.15) is 0 Å². The molecule has 0 aliphatic heterocycles. The van der Waals surface area contributed by atoms with Crippen LogP contribution in [0.15, 0.2) is 57.5 Å². The van der Waals surface area contributed by atoms with Gasteiger partial charge >= 0.3 is 24.0 Å². The van der Waals surface area contributed by atoms with Crippen molar-refractivity contribution in [3.63, 3.8) is 0 Å². The molecular weight excluding hydrogens is 796 g/mol. The van der Waals surface area contributed by atoms with Gasteiger partial charge in [0.15, 0.2) is 20.4 Å². The molecule has 0 aromatic heterocycles. The third-order valence-corrected chi connectivity index (χ3v) is 12.1. The Morgan fingerprint density at radius 3 is 1.45 bits per heavy atom. The van der Waals surface area contributed by atoms with Gasteiger partial charge in [-0.15, -0.1) is 0 Å². The lowest BCUT2D eigenvalue weighted by Gasteiger charge is -2.37. The molecule has 12 nitrogen and oxygen atoms in total. The molecule has 17 heteroatoms. The van der Waals surface area contributed by atoms with Crippen LogP contribution in [0.1, 0.15) is 34.6 Å². The Labute approximate surface area is 309 Å². The van der Waals surface area contributed by atoms with Crippen molar-refractivity contribution in [2.24, 2.45) is 0 Å². The molecule has 4 amide bonds. The molecule has 266 valence electrons. The summed E-state index contributed by atoms with van der Waals surface area (Å²) in [4.78, 5) is 47.5. The van der Waals surface area contributed by atoms with Crippen molar-refractivity contribution in [2.45, 2.75) is 64.8 Å². The van der Waals surface area contributed by atoms with Crippen LogP contribution in [0.3, 0.4) is 0 Å². The van der Waals surface area contributed by atoms with E-state index in [-0.39, 0.29) is 51.9 Å². The Bertz CT molecular complexity index is 1250. The summed E-state index contributed by atoms with van der Waals surface area (Å²) >= 11 is 6.62. The normalized spacial score (nSPS) is 11.9. The van der Waals surface area contributed by atoms with E-state index in [9.17, 15) is 19.2 Å². The maximum Gasteiger partial charge on any atom is 0.331 e. The van der Waals surface area contributed by atoms with E-state index in [2.05, 4.69) is 87.0 Å². The Balaban J connectivity index is 0. The zero-order chi connectivity index (χ0) is 34.2. The summed E-state index contributed by atoms with van der Waals surface area (Å²) in [7, 11) is -2.05. The fourth-order valence-corrected chi connectivity index (χ4v) is 4.60. The molecule has 2 atom stereocenters. The third kappa shape index (κ3) is 18.2. The number of benzene rings is 2. The number of esters is 2. The standard InChI is InChI=1S/C18H29BrN2O4Si.C12H15BrN2O4.2H2S/c1-7-24-16(22)15(12-25-26(5,6)18(2,3)4)21-17(23)20-14-10-8-13(19)9-11-14;1-2-19-11(17)10(7-16)15-12(18)14-9-5-3-8(13)4-6-9;;/h8-11,15H,7,12H2,1-6H3,(H2,20,21,23);3-6,10,16H,2,7H2,1H3,(H2,14,15,18);2*1H2/t15-;10-;;/m00../s1. The SMILES string of the molecule is CCOC(=O)[C@H](CO)NC(=O)Nc1ccc(Br)cc1.CCOC(=O)[C@H](CO[Si](C)(C)C(C)(C)C)NC(=O)Nc1ccc(Br)cc1.S.S. The predicted octanol–water partition coefficient (Wildman–Crippen LogP) is 6.24. The molecule has 0 radical (unpaired) electrons. The second kappa shape index (κ2) is 23.1. The molecule has 2 aromatic carbocycles. The van der Waals surface area contributed by atoms with E-state index in [1.54, 1.807) is 50.2 Å². The molecule has 0 aliphatic carbocycles. The monoisotopic (exact) mass is 842 g/mol. The van der Waals surface area contributed by atoms with Crippen molar-refractivity contribution in [1.29, 1.82) is 0 Å². The average molecular weight is 845 g/mol. The molecule has 47 heavy (non-hydrogen) atoms. The maximum atomic E-state index is 12.3.